The summed E-state index contributed by atoms with van der Waals surface area (Å²) in [4.78, 5) is 4.80. The van der Waals surface area contributed by atoms with Crippen molar-refractivity contribution in [3.05, 3.63) is 65.0 Å². The number of hydrogen-bond donors (Lipinski definition) is 1. The number of nitrogens with one attached hydrogen (secondary N) is 1. The number of benzene rings is 2. The number of para-hydroxylation sites is 2. The van der Waals surface area contributed by atoms with Gasteiger partial charge < -0.3 is 9.88 Å². The predicted octanol–water partition coefficient (Wildman–Crippen LogP) is 2.81. The minimum Gasteiger partial charge on any atom is -0.331 e. The Morgan fingerprint density at radius 3 is 2.95 bits per heavy atom. The molecule has 1 aliphatic rings. The number of aryl methyl sites for hydroxylation is 1. The van der Waals surface area contributed by atoms with Crippen LogP contribution in [0.15, 0.2) is 42.5 Å². The van der Waals surface area contributed by atoms with Gasteiger partial charge in [-0.2, -0.15) is 0 Å². The quantitative estimate of drug-likeness (QED) is 0.780. The first kappa shape index (κ1) is 12.6. The van der Waals surface area contributed by atoms with Crippen molar-refractivity contribution in [2.75, 3.05) is 6.54 Å². The smallest absolute Gasteiger partial charge is 0.114 e. The Morgan fingerprint density at radius 2 is 2.05 bits per heavy atom. The zero-order valence-corrected chi connectivity index (χ0v) is 12.3. The number of imidazole rings is 1. The summed E-state index contributed by atoms with van der Waals surface area (Å²) in [6.07, 6.45) is 2.03. The molecule has 0 radical (unpaired) electrons. The molecule has 0 spiro atoms. The van der Waals surface area contributed by atoms with E-state index < -0.39 is 0 Å². The Morgan fingerprint density at radius 1 is 1.14 bits per heavy atom. The molecule has 3 nitrogen and oxygen atoms in total. The maximum atomic E-state index is 4.80. The maximum absolute atomic E-state index is 4.80. The number of rotatable bonds is 2. The normalized spacial score (nSPS) is 14.3. The Bertz CT molecular complexity index is 801. The largest absolute Gasteiger partial charge is 0.331 e. The van der Waals surface area contributed by atoms with Crippen molar-refractivity contribution in [2.45, 2.75) is 19.4 Å². The molecule has 2 aromatic carbocycles. The van der Waals surface area contributed by atoms with Crippen LogP contribution in [-0.2, 0) is 26.4 Å². The monoisotopic (exact) mass is 277 g/mol. The highest BCUT2D eigenvalue weighted by Gasteiger charge is 2.15. The van der Waals surface area contributed by atoms with E-state index in [4.69, 9.17) is 4.98 Å². The molecule has 0 saturated carbocycles. The second-order valence-corrected chi connectivity index (χ2v) is 5.73. The van der Waals surface area contributed by atoms with Crippen molar-refractivity contribution in [1.29, 1.82) is 0 Å². The van der Waals surface area contributed by atoms with Gasteiger partial charge in [-0.3, -0.25) is 0 Å². The highest BCUT2D eigenvalue weighted by Crippen LogP contribution is 2.23. The molecule has 3 aromatic rings. The van der Waals surface area contributed by atoms with Gasteiger partial charge in [-0.05, 0) is 41.8 Å². The fraction of sp³-hybridized carbons (Fsp3) is 0.278. The van der Waals surface area contributed by atoms with E-state index in [9.17, 15) is 0 Å². The minimum absolute atomic E-state index is 0.911. The average Bonchev–Trinajstić information content (AvgIpc) is 2.85. The molecule has 0 amide bonds. The van der Waals surface area contributed by atoms with E-state index >= 15 is 0 Å². The Labute approximate surface area is 124 Å². The van der Waals surface area contributed by atoms with Gasteiger partial charge in [0.15, 0.2) is 0 Å². The molecule has 0 atom stereocenters. The van der Waals surface area contributed by atoms with E-state index in [1.807, 2.05) is 0 Å². The van der Waals surface area contributed by atoms with Gasteiger partial charge in [0.25, 0.3) is 0 Å². The molecule has 0 unspecified atom stereocenters. The molecule has 3 heteroatoms. The van der Waals surface area contributed by atoms with E-state index in [0.29, 0.717) is 0 Å². The Hall–Kier alpha value is -2.13. The van der Waals surface area contributed by atoms with Crippen molar-refractivity contribution in [3.63, 3.8) is 0 Å². The zero-order valence-electron chi connectivity index (χ0n) is 12.3. The van der Waals surface area contributed by atoms with Crippen molar-refractivity contribution < 1.29 is 0 Å². The van der Waals surface area contributed by atoms with E-state index in [2.05, 4.69) is 59.4 Å². The summed E-state index contributed by atoms with van der Waals surface area (Å²) >= 11 is 0. The molecule has 0 fully saturated rings. The van der Waals surface area contributed by atoms with Gasteiger partial charge in [0.05, 0.1) is 11.0 Å². The summed E-state index contributed by atoms with van der Waals surface area (Å²) in [5.41, 5.74) is 6.67. The second-order valence-electron chi connectivity index (χ2n) is 5.73. The molecule has 0 aliphatic carbocycles. The van der Waals surface area contributed by atoms with Crippen LogP contribution in [0.25, 0.3) is 11.0 Å². The summed E-state index contributed by atoms with van der Waals surface area (Å²) in [5, 5.41) is 3.44. The highest BCUT2D eigenvalue weighted by molar-refractivity contribution is 5.75. The topological polar surface area (TPSA) is 29.9 Å². The number of hydrogen-bond acceptors (Lipinski definition) is 2. The van der Waals surface area contributed by atoms with Crippen LogP contribution in [0.4, 0.5) is 0 Å². The summed E-state index contributed by atoms with van der Waals surface area (Å²) in [6, 6.07) is 15.0. The number of aromatic nitrogens is 2. The van der Waals surface area contributed by atoms with Gasteiger partial charge >= 0.3 is 0 Å². The molecule has 1 aliphatic heterocycles. The summed E-state index contributed by atoms with van der Waals surface area (Å²) in [6.45, 7) is 2.07. The van der Waals surface area contributed by atoms with Crippen LogP contribution < -0.4 is 5.32 Å². The van der Waals surface area contributed by atoms with Crippen LogP contribution in [0.5, 0.6) is 0 Å². The molecular formula is C18H19N3. The number of nitrogens with zero attached hydrogens (tertiary/aromatic N) is 2. The molecule has 106 valence electrons. The van der Waals surface area contributed by atoms with Gasteiger partial charge in [0.2, 0.25) is 0 Å². The fourth-order valence-electron chi connectivity index (χ4n) is 3.30. The molecule has 0 bridgehead atoms. The first-order chi connectivity index (χ1) is 10.3. The fourth-order valence-corrected chi connectivity index (χ4v) is 3.30. The van der Waals surface area contributed by atoms with Crippen molar-refractivity contribution in [1.82, 2.24) is 14.9 Å². The summed E-state index contributed by atoms with van der Waals surface area (Å²) in [5.74, 6) is 1.14. The van der Waals surface area contributed by atoms with E-state index in [-0.39, 0.29) is 0 Å². The molecule has 0 saturated heterocycles. The van der Waals surface area contributed by atoms with Crippen LogP contribution in [0.2, 0.25) is 0 Å². The van der Waals surface area contributed by atoms with Crippen LogP contribution in [0.1, 0.15) is 22.5 Å². The zero-order chi connectivity index (χ0) is 14.2. The Balaban J connectivity index is 1.77. The molecular weight excluding hydrogens is 258 g/mol. The third kappa shape index (κ3) is 2.14. The predicted molar refractivity (Wildman–Crippen MR) is 85.4 cm³/mol. The van der Waals surface area contributed by atoms with Gasteiger partial charge in [-0.15, -0.1) is 0 Å². The maximum Gasteiger partial charge on any atom is 0.114 e. The molecule has 2 heterocycles. The van der Waals surface area contributed by atoms with Crippen molar-refractivity contribution >= 4 is 11.0 Å². The molecule has 4 rings (SSSR count). The van der Waals surface area contributed by atoms with Gasteiger partial charge in [-0.25, -0.2) is 4.98 Å². The standard InChI is InChI=1S/C18H19N3/c1-21-17-8-3-2-7-16(17)20-18(21)11-13-5-4-6-14-12-19-10-9-15(13)14/h2-8,19H,9-12H2,1H3. The SMILES string of the molecule is Cn1c(Cc2cccc3c2CCNC3)nc2ccccc21. The third-order valence-corrected chi connectivity index (χ3v) is 4.47. The van der Waals surface area contributed by atoms with Crippen molar-refractivity contribution in [2.24, 2.45) is 7.05 Å². The van der Waals surface area contributed by atoms with Gasteiger partial charge in [0.1, 0.15) is 5.82 Å². The van der Waals surface area contributed by atoms with Crippen LogP contribution in [0.3, 0.4) is 0 Å². The lowest BCUT2D eigenvalue weighted by molar-refractivity contribution is 0.638. The Kier molecular flexibility index (Phi) is 3.00. The molecule has 21 heavy (non-hydrogen) atoms. The van der Waals surface area contributed by atoms with E-state index in [0.717, 1.165) is 37.3 Å². The van der Waals surface area contributed by atoms with Crippen LogP contribution >= 0.6 is 0 Å². The highest BCUT2D eigenvalue weighted by atomic mass is 15.1. The van der Waals surface area contributed by atoms with Crippen LogP contribution in [0, 0.1) is 0 Å². The lowest BCUT2D eigenvalue weighted by Crippen LogP contribution is -2.24. The third-order valence-electron chi connectivity index (χ3n) is 4.47. The summed E-state index contributed by atoms with van der Waals surface area (Å²) < 4.78 is 2.22. The minimum atomic E-state index is 0.911. The number of fused-ring (bicyclic) bond motifs is 2. The van der Waals surface area contributed by atoms with Gasteiger partial charge in [0, 0.05) is 20.0 Å². The average molecular weight is 277 g/mol. The lowest BCUT2D eigenvalue weighted by atomic mass is 9.94. The van der Waals surface area contributed by atoms with Crippen LogP contribution in [-0.4, -0.2) is 16.1 Å². The summed E-state index contributed by atoms with van der Waals surface area (Å²) in [7, 11) is 2.11. The molecule has 1 aromatic heterocycles. The van der Waals surface area contributed by atoms with E-state index in [1.165, 1.54) is 22.2 Å². The first-order valence-electron chi connectivity index (χ1n) is 7.53. The second kappa shape index (κ2) is 5.01. The lowest BCUT2D eigenvalue weighted by Gasteiger charge is -2.20. The van der Waals surface area contributed by atoms with E-state index in [1.54, 1.807) is 0 Å². The molecule has 1 N–H and O–H groups in total. The van der Waals surface area contributed by atoms with Gasteiger partial charge in [-0.1, -0.05) is 30.3 Å². The van der Waals surface area contributed by atoms with Crippen molar-refractivity contribution in [3.8, 4) is 0 Å². The first-order valence-corrected chi connectivity index (χ1v) is 7.53.